The second-order valence-corrected chi connectivity index (χ2v) is 6.41. The summed E-state index contributed by atoms with van der Waals surface area (Å²) in [6.45, 7) is 0. The lowest BCUT2D eigenvalue weighted by Gasteiger charge is -2.30. The van der Waals surface area contributed by atoms with Crippen molar-refractivity contribution >= 4 is 45.6 Å². The number of hydrogen-bond donors (Lipinski definition) is 0. The van der Waals surface area contributed by atoms with Crippen LogP contribution in [0.3, 0.4) is 0 Å². The first-order valence-corrected chi connectivity index (χ1v) is 8.57. The number of fused-ring (bicyclic) bond motifs is 3. The van der Waals surface area contributed by atoms with Gasteiger partial charge in [-0.2, -0.15) is 28.8 Å². The molecule has 0 aliphatic carbocycles. The molecule has 4 heterocycles. The Morgan fingerprint density at radius 2 is 1.25 bits per heavy atom. The fraction of sp³-hybridized carbons (Fsp3) is 0. The molecule has 0 unspecified atom stereocenters. The summed E-state index contributed by atoms with van der Waals surface area (Å²) in [5, 5.41) is 2.05. The first-order chi connectivity index (χ1) is 13.7. The van der Waals surface area contributed by atoms with Gasteiger partial charge in [0, 0.05) is 22.9 Å². The van der Waals surface area contributed by atoms with E-state index in [1.165, 1.54) is 4.90 Å². The molecular weight excluding hydrogens is 362 g/mol. The molecule has 0 atom stereocenters. The molecular formula is C20H10F2N6. The summed E-state index contributed by atoms with van der Waals surface area (Å²) in [5.74, 6) is -1.14. The number of benzene rings is 2. The van der Waals surface area contributed by atoms with Gasteiger partial charge in [0.15, 0.2) is 0 Å². The van der Waals surface area contributed by atoms with Crippen LogP contribution in [0.2, 0.25) is 0 Å². The predicted molar refractivity (Wildman–Crippen MR) is 105 cm³/mol. The molecule has 6 nitrogen and oxygen atoms in total. The van der Waals surface area contributed by atoms with E-state index < -0.39 is 11.9 Å². The maximum absolute atomic E-state index is 14.0. The maximum atomic E-state index is 14.0. The zero-order chi connectivity index (χ0) is 18.8. The van der Waals surface area contributed by atoms with E-state index in [1.807, 2.05) is 53.1 Å². The van der Waals surface area contributed by atoms with Gasteiger partial charge in [-0.3, -0.25) is 4.57 Å². The molecule has 0 amide bonds. The number of guanidine groups is 2. The smallest absolute Gasteiger partial charge is 0.243 e. The average molecular weight is 372 g/mol. The van der Waals surface area contributed by atoms with Crippen molar-refractivity contribution in [3.8, 4) is 0 Å². The lowest BCUT2D eigenvalue weighted by atomic mass is 10.2. The van der Waals surface area contributed by atoms with E-state index in [-0.39, 0.29) is 23.6 Å². The Kier molecular flexibility index (Phi) is 2.86. The minimum Gasteiger partial charge on any atom is -0.278 e. The number of hydrogen-bond acceptors (Lipinski definition) is 5. The van der Waals surface area contributed by atoms with E-state index in [0.29, 0.717) is 0 Å². The second kappa shape index (κ2) is 5.29. The van der Waals surface area contributed by atoms with Crippen molar-refractivity contribution in [1.82, 2.24) is 9.47 Å². The number of aromatic nitrogens is 1. The lowest BCUT2D eigenvalue weighted by Crippen LogP contribution is -2.42. The number of allylic oxidation sites excluding steroid dienone is 2. The van der Waals surface area contributed by atoms with Crippen LogP contribution in [0.1, 0.15) is 0 Å². The monoisotopic (exact) mass is 372 g/mol. The van der Waals surface area contributed by atoms with Crippen LogP contribution in [0, 0.1) is 0 Å². The van der Waals surface area contributed by atoms with E-state index in [9.17, 15) is 8.78 Å². The largest absolute Gasteiger partial charge is 0.278 e. The molecule has 3 aromatic rings. The van der Waals surface area contributed by atoms with Gasteiger partial charge in [0.1, 0.15) is 0 Å². The SMILES string of the molecule is FC1=CC2=CC(F)=NC3=NC(n4c5ccccc5c5ccccc54)=NC(=N1)N23. The van der Waals surface area contributed by atoms with Crippen molar-refractivity contribution in [3.63, 3.8) is 0 Å². The Morgan fingerprint density at radius 1 is 0.643 bits per heavy atom. The summed E-state index contributed by atoms with van der Waals surface area (Å²) in [6.07, 6.45) is 2.24. The highest BCUT2D eigenvalue weighted by atomic mass is 19.1. The number of nitrogens with zero attached hydrogens (tertiary/aromatic N) is 6. The number of para-hydroxylation sites is 2. The van der Waals surface area contributed by atoms with Crippen molar-refractivity contribution in [1.29, 1.82) is 0 Å². The molecule has 0 spiro atoms. The van der Waals surface area contributed by atoms with Gasteiger partial charge in [-0.25, -0.2) is 4.90 Å². The third kappa shape index (κ3) is 1.99. The quantitative estimate of drug-likeness (QED) is 0.548. The molecule has 1 aromatic heterocycles. The van der Waals surface area contributed by atoms with E-state index in [4.69, 9.17) is 0 Å². The fourth-order valence-corrected chi connectivity index (χ4v) is 3.68. The first kappa shape index (κ1) is 15.2. The summed E-state index contributed by atoms with van der Waals surface area (Å²) in [6, 6.07) is 15.7. The van der Waals surface area contributed by atoms with E-state index in [2.05, 4.69) is 20.0 Å². The molecule has 3 aliphatic rings. The first-order valence-electron chi connectivity index (χ1n) is 8.57. The Morgan fingerprint density at radius 3 is 1.96 bits per heavy atom. The molecule has 0 radical (unpaired) electrons. The topological polar surface area (TPSA) is 57.6 Å². The minimum atomic E-state index is -0.751. The highest BCUT2D eigenvalue weighted by Gasteiger charge is 2.33. The van der Waals surface area contributed by atoms with Crippen molar-refractivity contribution in [2.45, 2.75) is 0 Å². The molecule has 134 valence electrons. The Hall–Kier alpha value is -3.94. The van der Waals surface area contributed by atoms with E-state index in [1.54, 1.807) is 0 Å². The van der Waals surface area contributed by atoms with Crippen LogP contribution in [0.4, 0.5) is 8.78 Å². The van der Waals surface area contributed by atoms with Crippen molar-refractivity contribution in [2.75, 3.05) is 0 Å². The molecule has 0 saturated heterocycles. The molecule has 2 aromatic carbocycles. The molecule has 0 fully saturated rings. The third-order valence-corrected chi connectivity index (χ3v) is 4.79. The summed E-state index contributed by atoms with van der Waals surface area (Å²) in [4.78, 5) is 18.0. The second-order valence-electron chi connectivity index (χ2n) is 6.41. The normalized spacial score (nSPS) is 18.1. The van der Waals surface area contributed by atoms with Gasteiger partial charge in [-0.1, -0.05) is 36.4 Å². The summed E-state index contributed by atoms with van der Waals surface area (Å²) in [7, 11) is 0. The zero-order valence-electron chi connectivity index (χ0n) is 14.2. The van der Waals surface area contributed by atoms with Crippen LogP contribution in [0.15, 0.2) is 92.3 Å². The Labute approximate surface area is 156 Å². The predicted octanol–water partition coefficient (Wildman–Crippen LogP) is 4.12. The summed E-state index contributed by atoms with van der Waals surface area (Å²) < 4.78 is 29.8. The van der Waals surface area contributed by atoms with Crippen LogP contribution < -0.4 is 0 Å². The lowest BCUT2D eigenvalue weighted by molar-refractivity contribution is 0.594. The van der Waals surface area contributed by atoms with E-state index in [0.717, 1.165) is 34.0 Å². The van der Waals surface area contributed by atoms with Gasteiger partial charge < -0.3 is 0 Å². The Balaban J connectivity index is 1.68. The molecule has 0 saturated carbocycles. The van der Waals surface area contributed by atoms with Crippen LogP contribution in [0.5, 0.6) is 0 Å². The highest BCUT2D eigenvalue weighted by Crippen LogP contribution is 2.31. The number of halogens is 2. The molecule has 8 heteroatoms. The summed E-state index contributed by atoms with van der Waals surface area (Å²) >= 11 is 0. The molecule has 28 heavy (non-hydrogen) atoms. The van der Waals surface area contributed by atoms with Gasteiger partial charge in [-0.05, 0) is 12.1 Å². The zero-order valence-corrected chi connectivity index (χ0v) is 14.2. The maximum Gasteiger partial charge on any atom is 0.243 e. The van der Waals surface area contributed by atoms with Gasteiger partial charge in [0.05, 0.1) is 16.7 Å². The van der Waals surface area contributed by atoms with Crippen molar-refractivity contribution < 1.29 is 8.78 Å². The highest BCUT2D eigenvalue weighted by molar-refractivity contribution is 6.22. The Bertz CT molecular complexity index is 1330. The van der Waals surface area contributed by atoms with Gasteiger partial charge in [-0.15, -0.1) is 0 Å². The van der Waals surface area contributed by atoms with E-state index >= 15 is 0 Å². The molecule has 6 rings (SSSR count). The molecule has 3 aliphatic heterocycles. The average Bonchev–Trinajstić information content (AvgIpc) is 3.01. The van der Waals surface area contributed by atoms with Crippen LogP contribution in [0.25, 0.3) is 21.8 Å². The summed E-state index contributed by atoms with van der Waals surface area (Å²) in [5.41, 5.74) is 2.01. The van der Waals surface area contributed by atoms with Gasteiger partial charge in [0.25, 0.3) is 0 Å². The van der Waals surface area contributed by atoms with Crippen molar-refractivity contribution in [2.24, 2.45) is 20.0 Å². The minimum absolute atomic E-state index is 0.0596. The number of aliphatic imine (C=N–C) groups is 4. The van der Waals surface area contributed by atoms with Crippen molar-refractivity contribution in [3.05, 3.63) is 72.3 Å². The van der Waals surface area contributed by atoms with Crippen LogP contribution in [-0.4, -0.2) is 33.3 Å². The molecule has 0 bridgehead atoms. The standard InChI is InChI=1S/C20H10F2N6/c21-16-9-11-10-17(22)24-19-26-20(25-18(23-16)27(11)19)28-14-7-3-1-5-12(14)13-6-2-4-8-15(13)28/h1-10H. The fourth-order valence-electron chi connectivity index (χ4n) is 3.68. The van der Waals surface area contributed by atoms with Crippen LogP contribution >= 0.6 is 0 Å². The third-order valence-electron chi connectivity index (χ3n) is 4.79. The number of rotatable bonds is 0. The molecule has 0 N–H and O–H groups in total. The van der Waals surface area contributed by atoms with Gasteiger partial charge in [0.2, 0.25) is 29.8 Å². The van der Waals surface area contributed by atoms with Crippen LogP contribution in [-0.2, 0) is 0 Å². The van der Waals surface area contributed by atoms with Gasteiger partial charge >= 0.3 is 0 Å².